The quantitative estimate of drug-likeness (QED) is 0.620. The average molecular weight is 289 g/mol. The Hall–Kier alpha value is -0.800. The summed E-state index contributed by atoms with van der Waals surface area (Å²) in [6, 6.07) is 8.83. The predicted molar refractivity (Wildman–Crippen MR) is 84.5 cm³/mol. The maximum atomic E-state index is 12.8. The molecule has 0 radical (unpaired) electrons. The number of piperidine rings is 1. The molecular weight excluding hydrogens is 266 g/mol. The first-order valence-electron chi connectivity index (χ1n) is 7.71. The normalized spacial score (nSPS) is 24.4. The Labute approximate surface area is 125 Å². The van der Waals surface area contributed by atoms with E-state index < -0.39 is 0 Å². The highest BCUT2D eigenvalue weighted by Gasteiger charge is 2.32. The van der Waals surface area contributed by atoms with Crippen molar-refractivity contribution in [2.24, 2.45) is 5.92 Å². The lowest BCUT2D eigenvalue weighted by molar-refractivity contribution is 0.0610. The third kappa shape index (κ3) is 2.79. The van der Waals surface area contributed by atoms with Crippen LogP contribution >= 0.6 is 11.8 Å². The molecule has 3 rings (SSSR count). The molecule has 1 aromatic rings. The molecule has 0 aromatic heterocycles. The van der Waals surface area contributed by atoms with E-state index in [4.69, 9.17) is 0 Å². The summed E-state index contributed by atoms with van der Waals surface area (Å²) in [5.74, 6) is 0.566. The lowest BCUT2D eigenvalue weighted by Gasteiger charge is -2.42. The molecule has 0 N–H and O–H groups in total. The van der Waals surface area contributed by atoms with E-state index in [1.54, 1.807) is 11.8 Å². The standard InChI is InChI=1S/C17H23NOS/c1-20-16-10-3-2-9-15(16)17(19)13-6-5-11-18(12-13)14-7-4-8-14/h2-3,9-10,13-14H,4-8,11-12H2,1H3/t13-/m0/s1. The van der Waals surface area contributed by atoms with Gasteiger partial charge in [0, 0.05) is 29.0 Å². The lowest BCUT2D eigenvalue weighted by atomic mass is 9.85. The molecule has 0 spiro atoms. The van der Waals surface area contributed by atoms with Crippen LogP contribution in [0, 0.1) is 5.92 Å². The van der Waals surface area contributed by atoms with Crippen LogP contribution in [0.2, 0.25) is 0 Å². The molecule has 1 aliphatic carbocycles. The molecule has 2 nitrogen and oxygen atoms in total. The smallest absolute Gasteiger partial charge is 0.168 e. The van der Waals surface area contributed by atoms with Gasteiger partial charge in [0.1, 0.15) is 0 Å². The Bertz CT molecular complexity index is 484. The minimum absolute atomic E-state index is 0.206. The summed E-state index contributed by atoms with van der Waals surface area (Å²) in [5.41, 5.74) is 0.931. The summed E-state index contributed by atoms with van der Waals surface area (Å²) in [5, 5.41) is 0. The van der Waals surface area contributed by atoms with Gasteiger partial charge < -0.3 is 0 Å². The van der Waals surface area contributed by atoms with E-state index in [9.17, 15) is 4.79 Å². The van der Waals surface area contributed by atoms with Gasteiger partial charge in [-0.25, -0.2) is 0 Å². The minimum Gasteiger partial charge on any atom is -0.300 e. The molecule has 1 aromatic carbocycles. The number of thioether (sulfide) groups is 1. The zero-order valence-corrected chi connectivity index (χ0v) is 13.0. The molecular formula is C17H23NOS. The number of carbonyl (C=O) groups is 1. The molecule has 2 fully saturated rings. The van der Waals surface area contributed by atoms with E-state index in [2.05, 4.69) is 11.0 Å². The largest absolute Gasteiger partial charge is 0.300 e. The number of rotatable bonds is 4. The summed E-state index contributed by atoms with van der Waals surface area (Å²) in [7, 11) is 0. The van der Waals surface area contributed by atoms with Gasteiger partial charge >= 0.3 is 0 Å². The number of hydrogen-bond acceptors (Lipinski definition) is 3. The molecule has 1 aliphatic heterocycles. The van der Waals surface area contributed by atoms with Crippen molar-refractivity contribution < 1.29 is 4.79 Å². The van der Waals surface area contributed by atoms with Crippen LogP contribution in [0.15, 0.2) is 29.2 Å². The van der Waals surface area contributed by atoms with E-state index in [-0.39, 0.29) is 5.92 Å². The van der Waals surface area contributed by atoms with Crippen molar-refractivity contribution in [3.05, 3.63) is 29.8 Å². The molecule has 0 amide bonds. The maximum Gasteiger partial charge on any atom is 0.168 e. The Balaban J connectivity index is 1.72. The SMILES string of the molecule is CSc1ccccc1C(=O)[C@H]1CCCN(C2CCC2)C1. The molecule has 2 aliphatic rings. The van der Waals surface area contributed by atoms with Crippen LogP contribution in [0.3, 0.4) is 0 Å². The molecule has 108 valence electrons. The number of carbonyl (C=O) groups excluding carboxylic acids is 1. The fraction of sp³-hybridized carbons (Fsp3) is 0.588. The summed E-state index contributed by atoms with van der Waals surface area (Å²) in [4.78, 5) is 16.5. The first kappa shape index (κ1) is 14.2. The molecule has 20 heavy (non-hydrogen) atoms. The fourth-order valence-electron chi connectivity index (χ4n) is 3.37. The number of nitrogens with zero attached hydrogens (tertiary/aromatic N) is 1. The molecule has 1 heterocycles. The second kappa shape index (κ2) is 6.31. The molecule has 0 bridgehead atoms. The van der Waals surface area contributed by atoms with Crippen LogP contribution in [0.25, 0.3) is 0 Å². The molecule has 3 heteroatoms. The highest BCUT2D eigenvalue weighted by Crippen LogP contribution is 2.31. The average Bonchev–Trinajstić information content (AvgIpc) is 2.45. The van der Waals surface area contributed by atoms with Gasteiger partial charge in [0.15, 0.2) is 5.78 Å². The third-order valence-electron chi connectivity index (χ3n) is 4.79. The van der Waals surface area contributed by atoms with Gasteiger partial charge in [0.05, 0.1) is 0 Å². The zero-order valence-electron chi connectivity index (χ0n) is 12.2. The van der Waals surface area contributed by atoms with Gasteiger partial charge in [-0.05, 0) is 44.6 Å². The monoisotopic (exact) mass is 289 g/mol. The first-order chi connectivity index (χ1) is 9.79. The second-order valence-corrected chi connectivity index (χ2v) is 6.83. The van der Waals surface area contributed by atoms with Gasteiger partial charge in [0.2, 0.25) is 0 Å². The van der Waals surface area contributed by atoms with Crippen molar-refractivity contribution in [3.8, 4) is 0 Å². The van der Waals surface area contributed by atoms with Gasteiger partial charge in [-0.3, -0.25) is 9.69 Å². The van der Waals surface area contributed by atoms with Gasteiger partial charge in [-0.2, -0.15) is 0 Å². The molecule has 1 saturated carbocycles. The van der Waals surface area contributed by atoms with Crippen molar-refractivity contribution in [2.75, 3.05) is 19.3 Å². The topological polar surface area (TPSA) is 20.3 Å². The Morgan fingerprint density at radius 2 is 2.00 bits per heavy atom. The van der Waals surface area contributed by atoms with E-state index >= 15 is 0 Å². The summed E-state index contributed by atoms with van der Waals surface area (Å²) < 4.78 is 0. The van der Waals surface area contributed by atoms with Crippen LogP contribution in [0.5, 0.6) is 0 Å². The lowest BCUT2D eigenvalue weighted by Crippen LogP contribution is -2.47. The molecule has 1 saturated heterocycles. The van der Waals surface area contributed by atoms with Gasteiger partial charge in [-0.15, -0.1) is 11.8 Å². The highest BCUT2D eigenvalue weighted by molar-refractivity contribution is 7.98. The van der Waals surface area contributed by atoms with E-state index in [0.717, 1.165) is 29.5 Å². The van der Waals surface area contributed by atoms with Gasteiger partial charge in [0.25, 0.3) is 0 Å². The fourth-order valence-corrected chi connectivity index (χ4v) is 3.98. The van der Waals surface area contributed by atoms with Crippen LogP contribution in [0.4, 0.5) is 0 Å². The van der Waals surface area contributed by atoms with E-state index in [0.29, 0.717) is 5.78 Å². The number of benzene rings is 1. The minimum atomic E-state index is 0.206. The summed E-state index contributed by atoms with van der Waals surface area (Å²) in [6.07, 6.45) is 8.33. The van der Waals surface area contributed by atoms with Crippen molar-refractivity contribution in [2.45, 2.75) is 43.0 Å². The van der Waals surface area contributed by atoms with Crippen molar-refractivity contribution in [1.29, 1.82) is 0 Å². The second-order valence-electron chi connectivity index (χ2n) is 5.98. The summed E-state index contributed by atoms with van der Waals surface area (Å²) in [6.45, 7) is 2.17. The van der Waals surface area contributed by atoms with Gasteiger partial charge in [-0.1, -0.05) is 24.6 Å². The van der Waals surface area contributed by atoms with E-state index in [1.165, 1.54) is 32.2 Å². The number of ketones is 1. The summed E-state index contributed by atoms with van der Waals surface area (Å²) >= 11 is 1.68. The van der Waals surface area contributed by atoms with Crippen molar-refractivity contribution in [3.63, 3.8) is 0 Å². The molecule has 1 atom stereocenters. The van der Waals surface area contributed by atoms with E-state index in [1.807, 2.05) is 24.5 Å². The van der Waals surface area contributed by atoms with Crippen LogP contribution < -0.4 is 0 Å². The predicted octanol–water partition coefficient (Wildman–Crippen LogP) is 3.86. The number of hydrogen-bond donors (Lipinski definition) is 0. The number of likely N-dealkylation sites (tertiary alicyclic amines) is 1. The zero-order chi connectivity index (χ0) is 13.9. The van der Waals surface area contributed by atoms with Crippen LogP contribution in [-0.2, 0) is 0 Å². The Morgan fingerprint density at radius 3 is 2.70 bits per heavy atom. The van der Waals surface area contributed by atoms with Crippen LogP contribution in [-0.4, -0.2) is 36.1 Å². The molecule has 0 unspecified atom stereocenters. The maximum absolute atomic E-state index is 12.8. The third-order valence-corrected chi connectivity index (χ3v) is 5.58. The first-order valence-corrected chi connectivity index (χ1v) is 8.93. The number of Topliss-reactive ketones (excluding diaryl/α,β-unsaturated/α-hetero) is 1. The Kier molecular flexibility index (Phi) is 4.47. The Morgan fingerprint density at radius 1 is 1.20 bits per heavy atom. The van der Waals surface area contributed by atoms with Crippen molar-refractivity contribution >= 4 is 17.5 Å². The highest BCUT2D eigenvalue weighted by atomic mass is 32.2. The van der Waals surface area contributed by atoms with Crippen molar-refractivity contribution in [1.82, 2.24) is 4.90 Å². The van der Waals surface area contributed by atoms with Crippen LogP contribution in [0.1, 0.15) is 42.5 Å².